The Bertz CT molecular complexity index is 382. The molecule has 2 N–H and O–H groups in total. The third-order valence-corrected chi connectivity index (χ3v) is 4.34. The quantitative estimate of drug-likeness (QED) is 0.887. The topological polar surface area (TPSA) is 35.2 Å². The molecule has 1 atom stereocenters. The molecule has 1 heterocycles. The van der Waals surface area contributed by atoms with E-state index in [9.17, 15) is 0 Å². The van der Waals surface area contributed by atoms with E-state index in [1.54, 1.807) is 0 Å². The third kappa shape index (κ3) is 2.76. The fourth-order valence-corrected chi connectivity index (χ4v) is 3.16. The van der Waals surface area contributed by atoms with Crippen molar-refractivity contribution >= 4 is 0 Å². The van der Waals surface area contributed by atoms with Crippen LogP contribution in [0.2, 0.25) is 0 Å². The first-order valence-electron chi connectivity index (χ1n) is 7.07. The van der Waals surface area contributed by atoms with Crippen LogP contribution in [0.3, 0.4) is 0 Å². The Morgan fingerprint density at radius 1 is 1.28 bits per heavy atom. The summed E-state index contributed by atoms with van der Waals surface area (Å²) < 4.78 is 5.56. The number of benzene rings is 1. The predicted molar refractivity (Wildman–Crippen MR) is 75.8 cm³/mol. The first kappa shape index (κ1) is 13.6. The molecule has 0 bridgehead atoms. The maximum Gasteiger partial charge on any atom is 0.0474 e. The molecule has 1 aromatic rings. The Labute approximate surface area is 111 Å². The molecule has 0 aromatic heterocycles. The summed E-state index contributed by atoms with van der Waals surface area (Å²) >= 11 is 0. The maximum absolute atomic E-state index is 6.24. The molecule has 0 radical (unpaired) electrons. The van der Waals surface area contributed by atoms with Crippen molar-refractivity contribution in [2.45, 2.75) is 51.0 Å². The van der Waals surface area contributed by atoms with Crippen LogP contribution in [-0.4, -0.2) is 19.3 Å². The molecule has 1 aliphatic heterocycles. The van der Waals surface area contributed by atoms with Gasteiger partial charge in [0.2, 0.25) is 0 Å². The van der Waals surface area contributed by atoms with Gasteiger partial charge in [0.1, 0.15) is 0 Å². The Hall–Kier alpha value is -0.860. The van der Waals surface area contributed by atoms with Crippen LogP contribution in [0.25, 0.3) is 0 Å². The van der Waals surface area contributed by atoms with Gasteiger partial charge in [-0.3, -0.25) is 0 Å². The number of aryl methyl sites for hydroxylation is 1. The Morgan fingerprint density at radius 3 is 2.56 bits per heavy atom. The summed E-state index contributed by atoms with van der Waals surface area (Å²) in [4.78, 5) is 0. The highest BCUT2D eigenvalue weighted by atomic mass is 16.5. The van der Waals surface area contributed by atoms with Crippen LogP contribution in [0.1, 0.15) is 43.7 Å². The summed E-state index contributed by atoms with van der Waals surface area (Å²) in [5, 5.41) is 0. The van der Waals surface area contributed by atoms with E-state index in [1.165, 1.54) is 11.1 Å². The molecule has 2 rings (SSSR count). The molecule has 0 aliphatic carbocycles. The molecular weight excluding hydrogens is 222 g/mol. The lowest BCUT2D eigenvalue weighted by Gasteiger charge is -2.40. The monoisotopic (exact) mass is 247 g/mol. The van der Waals surface area contributed by atoms with Crippen LogP contribution in [0, 0.1) is 6.92 Å². The fourth-order valence-electron chi connectivity index (χ4n) is 3.16. The second-order valence-corrected chi connectivity index (χ2v) is 5.58. The molecule has 1 aromatic carbocycles. The molecular formula is C16H25NO. The molecule has 2 nitrogen and oxygen atoms in total. The lowest BCUT2D eigenvalue weighted by Crippen LogP contribution is -2.40. The zero-order valence-electron chi connectivity index (χ0n) is 11.6. The van der Waals surface area contributed by atoms with Crippen LogP contribution < -0.4 is 5.73 Å². The minimum atomic E-state index is 0.235. The third-order valence-electron chi connectivity index (χ3n) is 4.34. The molecule has 1 unspecified atom stereocenters. The van der Waals surface area contributed by atoms with Gasteiger partial charge < -0.3 is 10.5 Å². The predicted octanol–water partition coefficient (Wildman–Crippen LogP) is 3.17. The van der Waals surface area contributed by atoms with E-state index in [0.717, 1.165) is 38.9 Å². The average molecular weight is 247 g/mol. The van der Waals surface area contributed by atoms with Gasteiger partial charge >= 0.3 is 0 Å². The van der Waals surface area contributed by atoms with E-state index in [-0.39, 0.29) is 5.41 Å². The van der Waals surface area contributed by atoms with Gasteiger partial charge in [-0.25, -0.2) is 0 Å². The highest BCUT2D eigenvalue weighted by Gasteiger charge is 2.36. The van der Waals surface area contributed by atoms with Gasteiger partial charge in [-0.1, -0.05) is 31.2 Å². The van der Waals surface area contributed by atoms with Gasteiger partial charge in [-0.05, 0) is 43.7 Å². The number of nitrogens with two attached hydrogens (primary N) is 1. The maximum atomic E-state index is 6.24. The zero-order chi connectivity index (χ0) is 13.0. The highest BCUT2D eigenvalue weighted by Crippen LogP contribution is 2.40. The minimum Gasteiger partial charge on any atom is -0.381 e. The van der Waals surface area contributed by atoms with Gasteiger partial charge in [0.25, 0.3) is 0 Å². The van der Waals surface area contributed by atoms with Crippen molar-refractivity contribution < 1.29 is 4.74 Å². The normalized spacial score (nSPS) is 20.6. The summed E-state index contributed by atoms with van der Waals surface area (Å²) in [7, 11) is 0. The van der Waals surface area contributed by atoms with Gasteiger partial charge in [0.05, 0.1) is 0 Å². The minimum absolute atomic E-state index is 0.235. The van der Waals surface area contributed by atoms with E-state index >= 15 is 0 Å². The summed E-state index contributed by atoms with van der Waals surface area (Å²) in [5.41, 5.74) is 9.35. The molecule has 1 saturated heterocycles. The molecule has 1 aliphatic rings. The van der Waals surface area contributed by atoms with Gasteiger partial charge in [0.15, 0.2) is 0 Å². The van der Waals surface area contributed by atoms with Crippen LogP contribution in [0.15, 0.2) is 24.3 Å². The Balaban J connectivity index is 2.32. The zero-order valence-corrected chi connectivity index (χ0v) is 11.6. The molecule has 0 spiro atoms. The van der Waals surface area contributed by atoms with E-state index in [1.807, 2.05) is 0 Å². The van der Waals surface area contributed by atoms with Gasteiger partial charge in [-0.15, -0.1) is 0 Å². The van der Waals surface area contributed by atoms with Crippen molar-refractivity contribution in [3.8, 4) is 0 Å². The van der Waals surface area contributed by atoms with Crippen LogP contribution >= 0.6 is 0 Å². The molecule has 2 heteroatoms. The van der Waals surface area contributed by atoms with Crippen molar-refractivity contribution in [3.63, 3.8) is 0 Å². The average Bonchev–Trinajstić information content (AvgIpc) is 2.40. The number of rotatable bonds is 4. The van der Waals surface area contributed by atoms with E-state index in [0.29, 0.717) is 6.04 Å². The largest absolute Gasteiger partial charge is 0.381 e. The summed E-state index contributed by atoms with van der Waals surface area (Å²) in [5.74, 6) is 0. The van der Waals surface area contributed by atoms with Crippen molar-refractivity contribution in [3.05, 3.63) is 35.4 Å². The SMILES string of the molecule is CCC(N)CC1(c2ccccc2C)CCOCC1. The second-order valence-electron chi connectivity index (χ2n) is 5.58. The summed E-state index contributed by atoms with van der Waals surface area (Å²) in [6, 6.07) is 9.05. The van der Waals surface area contributed by atoms with Gasteiger partial charge in [0, 0.05) is 24.7 Å². The van der Waals surface area contributed by atoms with Crippen molar-refractivity contribution in [2.24, 2.45) is 5.73 Å². The lowest BCUT2D eigenvalue weighted by molar-refractivity contribution is 0.0439. The van der Waals surface area contributed by atoms with Crippen LogP contribution in [0.5, 0.6) is 0 Å². The summed E-state index contributed by atoms with van der Waals surface area (Å²) in [6.45, 7) is 6.12. The first-order valence-corrected chi connectivity index (χ1v) is 7.07. The smallest absolute Gasteiger partial charge is 0.0474 e. The fraction of sp³-hybridized carbons (Fsp3) is 0.625. The number of hydrogen-bond acceptors (Lipinski definition) is 2. The van der Waals surface area contributed by atoms with E-state index < -0.39 is 0 Å². The van der Waals surface area contributed by atoms with Crippen LogP contribution in [0.4, 0.5) is 0 Å². The van der Waals surface area contributed by atoms with Crippen molar-refractivity contribution in [1.29, 1.82) is 0 Å². The Kier molecular flexibility index (Phi) is 4.41. The summed E-state index contributed by atoms with van der Waals surface area (Å²) in [6.07, 6.45) is 4.34. The first-order chi connectivity index (χ1) is 8.68. The van der Waals surface area contributed by atoms with E-state index in [4.69, 9.17) is 10.5 Å². The number of hydrogen-bond donors (Lipinski definition) is 1. The van der Waals surface area contributed by atoms with Crippen molar-refractivity contribution in [2.75, 3.05) is 13.2 Å². The van der Waals surface area contributed by atoms with Crippen LogP contribution in [-0.2, 0) is 10.2 Å². The Morgan fingerprint density at radius 2 is 1.94 bits per heavy atom. The molecule has 0 saturated carbocycles. The van der Waals surface area contributed by atoms with E-state index in [2.05, 4.69) is 38.1 Å². The number of ether oxygens (including phenoxy) is 1. The molecule has 18 heavy (non-hydrogen) atoms. The molecule has 0 amide bonds. The van der Waals surface area contributed by atoms with Crippen molar-refractivity contribution in [1.82, 2.24) is 0 Å². The van der Waals surface area contributed by atoms with Gasteiger partial charge in [-0.2, -0.15) is 0 Å². The highest BCUT2D eigenvalue weighted by molar-refractivity contribution is 5.34. The second kappa shape index (κ2) is 5.85. The standard InChI is InChI=1S/C16H25NO/c1-3-14(17)12-16(8-10-18-11-9-16)15-7-5-4-6-13(15)2/h4-7,14H,3,8-12,17H2,1-2H3. The molecule has 1 fully saturated rings. The molecule has 100 valence electrons. The lowest BCUT2D eigenvalue weighted by atomic mass is 9.68.